The maximum absolute atomic E-state index is 13.0. The van der Waals surface area contributed by atoms with Crippen molar-refractivity contribution in [1.29, 1.82) is 0 Å². The lowest BCUT2D eigenvalue weighted by molar-refractivity contribution is -0.123. The van der Waals surface area contributed by atoms with Crippen LogP contribution in [0.15, 0.2) is 58.9 Å². The molecule has 1 fully saturated rings. The van der Waals surface area contributed by atoms with Gasteiger partial charge in [0.2, 0.25) is 0 Å². The van der Waals surface area contributed by atoms with Crippen LogP contribution in [0.4, 0.5) is 5.69 Å². The molecule has 0 radical (unpaired) electrons. The van der Waals surface area contributed by atoms with Crippen LogP contribution in [-0.2, 0) is 16.0 Å². The summed E-state index contributed by atoms with van der Waals surface area (Å²) in [7, 11) is 3.18. The second kappa shape index (κ2) is 7.30. The van der Waals surface area contributed by atoms with E-state index in [1.807, 2.05) is 24.3 Å². The van der Waals surface area contributed by atoms with Gasteiger partial charge in [0.15, 0.2) is 12.1 Å². The molecular weight excluding hydrogens is 360 g/mol. The van der Waals surface area contributed by atoms with Crippen LogP contribution >= 0.6 is 0 Å². The van der Waals surface area contributed by atoms with E-state index in [-0.39, 0.29) is 11.8 Å². The Balaban J connectivity index is 1.47. The van der Waals surface area contributed by atoms with Gasteiger partial charge in [-0.2, -0.15) is 5.11 Å². The van der Waals surface area contributed by atoms with Gasteiger partial charge in [-0.05, 0) is 48.4 Å². The highest BCUT2D eigenvalue weighted by Crippen LogP contribution is 2.32. The molecule has 0 spiro atoms. The zero-order chi connectivity index (χ0) is 19.7. The summed E-state index contributed by atoms with van der Waals surface area (Å²) in [4.78, 5) is 26.9. The number of hydrogen-bond acceptors (Lipinski definition) is 7. The second-order valence-electron chi connectivity index (χ2n) is 6.57. The van der Waals surface area contributed by atoms with Gasteiger partial charge in [0.05, 0.1) is 19.9 Å². The molecule has 0 unspecified atom stereocenters. The summed E-state index contributed by atoms with van der Waals surface area (Å²) >= 11 is 0. The molecule has 0 aromatic heterocycles. The molecule has 2 aromatic rings. The van der Waals surface area contributed by atoms with Gasteiger partial charge < -0.3 is 9.47 Å². The van der Waals surface area contributed by atoms with Gasteiger partial charge in [-0.1, -0.05) is 17.4 Å². The van der Waals surface area contributed by atoms with Gasteiger partial charge in [-0.25, -0.2) is 4.90 Å². The minimum Gasteiger partial charge on any atom is -0.497 e. The number of hydrogen-bond donors (Lipinski definition) is 0. The molecule has 2 heterocycles. The number of carbonyl (C=O) groups excluding carboxylic acids is 2. The summed E-state index contributed by atoms with van der Waals surface area (Å²) in [6, 6.07) is 13.0. The lowest BCUT2D eigenvalue weighted by Gasteiger charge is -2.20. The zero-order valence-corrected chi connectivity index (χ0v) is 15.6. The van der Waals surface area contributed by atoms with Crippen LogP contribution in [0.3, 0.4) is 0 Å². The summed E-state index contributed by atoms with van der Waals surface area (Å²) in [6.07, 6.45) is 0.677. The Labute approximate surface area is 162 Å². The van der Waals surface area contributed by atoms with Crippen molar-refractivity contribution in [3.63, 3.8) is 0 Å². The van der Waals surface area contributed by atoms with Crippen molar-refractivity contribution in [3.05, 3.63) is 54.1 Å². The number of nitrogens with zero attached hydrogens (tertiary/aromatic N) is 4. The molecule has 0 N–H and O–H groups in total. The van der Waals surface area contributed by atoms with E-state index in [0.29, 0.717) is 24.4 Å². The van der Waals surface area contributed by atoms with Gasteiger partial charge in [-0.15, -0.1) is 0 Å². The number of imide groups is 1. The van der Waals surface area contributed by atoms with E-state index >= 15 is 0 Å². The lowest BCUT2D eigenvalue weighted by Crippen LogP contribution is -2.40. The Morgan fingerprint density at radius 2 is 1.50 bits per heavy atom. The summed E-state index contributed by atoms with van der Waals surface area (Å²) in [6.45, 7) is 0.493. The van der Waals surface area contributed by atoms with Gasteiger partial charge in [0.25, 0.3) is 11.8 Å². The molecule has 2 aromatic carbocycles. The molecule has 8 heteroatoms. The molecule has 0 aliphatic carbocycles. The number of benzene rings is 2. The van der Waals surface area contributed by atoms with Gasteiger partial charge in [0, 0.05) is 6.54 Å². The Morgan fingerprint density at radius 3 is 2.11 bits per heavy atom. The highest BCUT2D eigenvalue weighted by molar-refractivity contribution is 6.25. The normalized spacial score (nSPS) is 20.6. The molecular formula is C20H20N4O4. The monoisotopic (exact) mass is 380 g/mol. The molecule has 1 saturated heterocycles. The first-order valence-corrected chi connectivity index (χ1v) is 8.94. The number of rotatable bonds is 6. The third kappa shape index (κ3) is 3.06. The van der Waals surface area contributed by atoms with Crippen molar-refractivity contribution < 1.29 is 19.1 Å². The van der Waals surface area contributed by atoms with Gasteiger partial charge >= 0.3 is 0 Å². The molecule has 0 bridgehead atoms. The topological polar surface area (TPSA) is 83.8 Å². The molecule has 2 atom stereocenters. The third-order valence-electron chi connectivity index (χ3n) is 4.98. The molecule has 2 aliphatic heterocycles. The molecule has 2 aliphatic rings. The first-order chi connectivity index (χ1) is 13.6. The van der Waals surface area contributed by atoms with Gasteiger partial charge in [-0.3, -0.25) is 14.6 Å². The predicted molar refractivity (Wildman–Crippen MR) is 101 cm³/mol. The molecule has 4 rings (SSSR count). The van der Waals surface area contributed by atoms with Crippen molar-refractivity contribution in [2.45, 2.75) is 18.5 Å². The first kappa shape index (κ1) is 18.0. The SMILES string of the molecule is COc1ccc(CCN2N=N[C@H]3C(=O)N(c4ccc(OC)cc4)C(=O)[C@H]32)cc1. The average molecular weight is 380 g/mol. The Morgan fingerprint density at radius 1 is 0.893 bits per heavy atom. The minimum absolute atomic E-state index is 0.306. The van der Waals surface area contributed by atoms with Crippen molar-refractivity contribution in [1.82, 2.24) is 5.01 Å². The number of amides is 2. The van der Waals surface area contributed by atoms with E-state index in [1.54, 1.807) is 43.5 Å². The molecule has 2 amide bonds. The standard InChI is InChI=1S/C20H20N4O4/c1-27-15-7-3-13(4-8-15)11-12-23-18-17(21-22-23)19(25)24(20(18)26)14-5-9-16(28-2)10-6-14/h3-10,17-18H,11-12H2,1-2H3/t17-,18+/m1/s1. The van der Waals surface area contributed by atoms with E-state index in [2.05, 4.69) is 10.3 Å². The maximum atomic E-state index is 13.0. The summed E-state index contributed by atoms with van der Waals surface area (Å²) in [5, 5.41) is 9.73. The number of carbonyl (C=O) groups is 2. The number of anilines is 1. The average Bonchev–Trinajstić information content (AvgIpc) is 3.26. The largest absolute Gasteiger partial charge is 0.497 e. The number of ether oxygens (including phenoxy) is 2. The van der Waals surface area contributed by atoms with Crippen LogP contribution in [0.2, 0.25) is 0 Å². The van der Waals surface area contributed by atoms with E-state index < -0.39 is 12.1 Å². The first-order valence-electron chi connectivity index (χ1n) is 8.94. The Hall–Kier alpha value is -3.42. The van der Waals surface area contributed by atoms with Gasteiger partial charge in [0.1, 0.15) is 11.5 Å². The van der Waals surface area contributed by atoms with Crippen LogP contribution < -0.4 is 14.4 Å². The van der Waals surface area contributed by atoms with Crippen molar-refractivity contribution >= 4 is 17.5 Å². The van der Waals surface area contributed by atoms with Crippen molar-refractivity contribution in [2.24, 2.45) is 10.3 Å². The Bertz CT molecular complexity index is 911. The van der Waals surface area contributed by atoms with Crippen molar-refractivity contribution in [2.75, 3.05) is 25.7 Å². The highest BCUT2D eigenvalue weighted by atomic mass is 16.5. The van der Waals surface area contributed by atoms with Crippen LogP contribution in [0, 0.1) is 0 Å². The number of fused-ring (bicyclic) bond motifs is 1. The lowest BCUT2D eigenvalue weighted by atomic mass is 10.1. The number of methoxy groups -OCH3 is 2. The van der Waals surface area contributed by atoms with E-state index in [1.165, 1.54) is 4.90 Å². The summed E-state index contributed by atoms with van der Waals surface area (Å²) < 4.78 is 10.3. The fourth-order valence-corrected chi connectivity index (χ4v) is 3.43. The highest BCUT2D eigenvalue weighted by Gasteiger charge is 2.54. The molecule has 144 valence electrons. The fourth-order valence-electron chi connectivity index (χ4n) is 3.43. The van der Waals surface area contributed by atoms with Crippen LogP contribution in [0.25, 0.3) is 0 Å². The van der Waals surface area contributed by atoms with Crippen LogP contribution in [-0.4, -0.2) is 49.7 Å². The fraction of sp³-hybridized carbons (Fsp3) is 0.300. The van der Waals surface area contributed by atoms with Crippen molar-refractivity contribution in [3.8, 4) is 11.5 Å². The minimum atomic E-state index is -0.787. The van der Waals surface area contributed by atoms with Crippen LogP contribution in [0.5, 0.6) is 11.5 Å². The smallest absolute Gasteiger partial charge is 0.263 e. The van der Waals surface area contributed by atoms with Crippen LogP contribution in [0.1, 0.15) is 5.56 Å². The van der Waals surface area contributed by atoms with E-state index in [4.69, 9.17) is 9.47 Å². The van der Waals surface area contributed by atoms with E-state index in [9.17, 15) is 9.59 Å². The maximum Gasteiger partial charge on any atom is 0.263 e. The zero-order valence-electron chi connectivity index (χ0n) is 15.6. The molecule has 0 saturated carbocycles. The third-order valence-corrected chi connectivity index (χ3v) is 4.98. The van der Waals surface area contributed by atoms with E-state index in [0.717, 1.165) is 11.3 Å². The predicted octanol–water partition coefficient (Wildman–Crippen LogP) is 2.24. The molecule has 28 heavy (non-hydrogen) atoms. The summed E-state index contributed by atoms with van der Waals surface area (Å²) in [5.41, 5.74) is 1.60. The second-order valence-corrected chi connectivity index (χ2v) is 6.57. The summed E-state index contributed by atoms with van der Waals surface area (Å²) in [5.74, 6) is 0.788. The quantitative estimate of drug-likeness (QED) is 0.718. The molecule has 8 nitrogen and oxygen atoms in total. The Kier molecular flexibility index (Phi) is 4.68.